The summed E-state index contributed by atoms with van der Waals surface area (Å²) in [6.45, 7) is 2.69. The maximum absolute atomic E-state index is 8.65. The summed E-state index contributed by atoms with van der Waals surface area (Å²) < 4.78 is 10.5. The number of aliphatic hydroxyl groups is 1. The van der Waals surface area contributed by atoms with Gasteiger partial charge in [0.05, 0.1) is 13.2 Å². The zero-order chi connectivity index (χ0) is 7.40. The Labute approximate surface area is 60.9 Å². The highest BCUT2D eigenvalue weighted by molar-refractivity contribution is 4.62. The second-order valence-electron chi connectivity index (χ2n) is 2.49. The third-order valence-corrected chi connectivity index (χ3v) is 1.54. The maximum Gasteiger partial charge on any atom is 0.158 e. The first-order valence-corrected chi connectivity index (χ1v) is 3.74. The van der Waals surface area contributed by atoms with Gasteiger partial charge in [0.2, 0.25) is 0 Å². The fourth-order valence-electron chi connectivity index (χ4n) is 0.991. The lowest BCUT2D eigenvalue weighted by Crippen LogP contribution is -2.16. The molecule has 60 valence electrons. The Morgan fingerprint density at radius 2 is 2.40 bits per heavy atom. The Morgan fingerprint density at radius 1 is 1.60 bits per heavy atom. The highest BCUT2D eigenvalue weighted by Crippen LogP contribution is 2.14. The molecule has 3 heteroatoms. The molecule has 10 heavy (non-hydrogen) atoms. The van der Waals surface area contributed by atoms with Crippen LogP contribution in [0.5, 0.6) is 0 Å². The highest BCUT2D eigenvalue weighted by Gasteiger charge is 2.23. The third-order valence-electron chi connectivity index (χ3n) is 1.54. The highest BCUT2D eigenvalue weighted by atomic mass is 16.7. The molecule has 0 aromatic carbocycles. The fourth-order valence-corrected chi connectivity index (χ4v) is 0.991. The zero-order valence-corrected chi connectivity index (χ0v) is 6.25. The average Bonchev–Trinajstić information content (AvgIpc) is 2.37. The standard InChI is InChI=1S/C7H14O3/c1-2-3-7-9-5-6(4-8)10-7/h6-8H,2-5H2,1H3. The zero-order valence-electron chi connectivity index (χ0n) is 6.25. The van der Waals surface area contributed by atoms with Crippen LogP contribution >= 0.6 is 0 Å². The van der Waals surface area contributed by atoms with E-state index in [4.69, 9.17) is 14.6 Å². The summed E-state index contributed by atoms with van der Waals surface area (Å²) in [5.74, 6) is 0. The Morgan fingerprint density at radius 3 is 2.90 bits per heavy atom. The molecule has 1 fully saturated rings. The minimum Gasteiger partial charge on any atom is -0.394 e. The topological polar surface area (TPSA) is 38.7 Å². The van der Waals surface area contributed by atoms with E-state index in [1.54, 1.807) is 0 Å². The summed E-state index contributed by atoms with van der Waals surface area (Å²) in [4.78, 5) is 0. The van der Waals surface area contributed by atoms with E-state index < -0.39 is 0 Å². The molecule has 0 aliphatic carbocycles. The minimum atomic E-state index is -0.0865. The van der Waals surface area contributed by atoms with Crippen molar-refractivity contribution >= 4 is 0 Å². The maximum atomic E-state index is 8.65. The van der Waals surface area contributed by atoms with Crippen molar-refractivity contribution in [2.45, 2.75) is 32.2 Å². The van der Waals surface area contributed by atoms with Gasteiger partial charge in [-0.05, 0) is 6.42 Å². The molecule has 0 bridgehead atoms. The quantitative estimate of drug-likeness (QED) is 0.631. The monoisotopic (exact) mass is 146 g/mol. The normalized spacial score (nSPS) is 33.0. The Kier molecular flexibility index (Phi) is 3.12. The molecule has 1 N–H and O–H groups in total. The molecule has 0 radical (unpaired) electrons. The predicted molar refractivity (Wildman–Crippen MR) is 36.6 cm³/mol. The van der Waals surface area contributed by atoms with Crippen molar-refractivity contribution in [2.24, 2.45) is 0 Å². The van der Waals surface area contributed by atoms with Crippen LogP contribution in [0.2, 0.25) is 0 Å². The molecular weight excluding hydrogens is 132 g/mol. The van der Waals surface area contributed by atoms with E-state index in [-0.39, 0.29) is 19.0 Å². The van der Waals surface area contributed by atoms with Crippen molar-refractivity contribution in [1.29, 1.82) is 0 Å². The summed E-state index contributed by atoms with van der Waals surface area (Å²) in [5.41, 5.74) is 0. The number of ether oxygens (including phenoxy) is 2. The summed E-state index contributed by atoms with van der Waals surface area (Å²) in [5, 5.41) is 8.65. The van der Waals surface area contributed by atoms with Crippen molar-refractivity contribution in [2.75, 3.05) is 13.2 Å². The van der Waals surface area contributed by atoms with Crippen LogP contribution in [0, 0.1) is 0 Å². The van der Waals surface area contributed by atoms with Crippen LogP contribution in [0.3, 0.4) is 0 Å². The van der Waals surface area contributed by atoms with Crippen LogP contribution in [0.1, 0.15) is 19.8 Å². The van der Waals surface area contributed by atoms with Crippen LogP contribution < -0.4 is 0 Å². The molecule has 1 heterocycles. The first kappa shape index (κ1) is 7.98. The molecule has 1 saturated heterocycles. The van der Waals surface area contributed by atoms with Gasteiger partial charge in [-0.25, -0.2) is 0 Å². The van der Waals surface area contributed by atoms with Gasteiger partial charge in [0.25, 0.3) is 0 Å². The molecule has 2 unspecified atom stereocenters. The van der Waals surface area contributed by atoms with Gasteiger partial charge in [-0.3, -0.25) is 0 Å². The number of hydrogen-bond acceptors (Lipinski definition) is 3. The average molecular weight is 146 g/mol. The molecule has 2 atom stereocenters. The Hall–Kier alpha value is -0.120. The van der Waals surface area contributed by atoms with Gasteiger partial charge in [-0.1, -0.05) is 13.3 Å². The van der Waals surface area contributed by atoms with Crippen LogP contribution in [0.25, 0.3) is 0 Å². The van der Waals surface area contributed by atoms with Gasteiger partial charge in [0.1, 0.15) is 6.10 Å². The number of rotatable bonds is 3. The van der Waals surface area contributed by atoms with Crippen molar-refractivity contribution in [3.05, 3.63) is 0 Å². The van der Waals surface area contributed by atoms with Gasteiger partial charge in [-0.2, -0.15) is 0 Å². The molecule has 1 rings (SSSR count). The first-order chi connectivity index (χ1) is 4.86. The summed E-state index contributed by atoms with van der Waals surface area (Å²) in [6.07, 6.45) is 1.83. The molecule has 1 aliphatic rings. The molecule has 0 aromatic heterocycles. The smallest absolute Gasteiger partial charge is 0.158 e. The molecule has 0 aromatic rings. The van der Waals surface area contributed by atoms with Crippen molar-refractivity contribution in [3.8, 4) is 0 Å². The van der Waals surface area contributed by atoms with Gasteiger partial charge in [0, 0.05) is 0 Å². The molecule has 1 aliphatic heterocycles. The van der Waals surface area contributed by atoms with E-state index >= 15 is 0 Å². The minimum absolute atomic E-state index is 0.0675. The second-order valence-corrected chi connectivity index (χ2v) is 2.49. The van der Waals surface area contributed by atoms with Gasteiger partial charge in [0.15, 0.2) is 6.29 Å². The first-order valence-electron chi connectivity index (χ1n) is 3.74. The van der Waals surface area contributed by atoms with Crippen LogP contribution in [0.4, 0.5) is 0 Å². The van der Waals surface area contributed by atoms with Crippen molar-refractivity contribution < 1.29 is 14.6 Å². The van der Waals surface area contributed by atoms with Crippen molar-refractivity contribution in [1.82, 2.24) is 0 Å². The SMILES string of the molecule is CCCC1OCC(CO)O1. The lowest BCUT2D eigenvalue weighted by Gasteiger charge is -2.07. The van der Waals surface area contributed by atoms with E-state index in [0.717, 1.165) is 12.8 Å². The predicted octanol–water partition coefficient (Wildman–Crippen LogP) is 0.520. The van der Waals surface area contributed by atoms with E-state index in [1.807, 2.05) is 0 Å². The van der Waals surface area contributed by atoms with E-state index in [0.29, 0.717) is 6.61 Å². The number of aliphatic hydroxyl groups excluding tert-OH is 1. The molecule has 3 nitrogen and oxygen atoms in total. The van der Waals surface area contributed by atoms with Gasteiger partial charge in [-0.15, -0.1) is 0 Å². The van der Waals surface area contributed by atoms with Gasteiger partial charge >= 0.3 is 0 Å². The Balaban J connectivity index is 2.15. The largest absolute Gasteiger partial charge is 0.394 e. The molecule has 0 spiro atoms. The van der Waals surface area contributed by atoms with E-state index in [9.17, 15) is 0 Å². The molecule has 0 saturated carbocycles. The third kappa shape index (κ3) is 1.94. The molecule has 0 amide bonds. The number of hydrogen-bond donors (Lipinski definition) is 1. The molecular formula is C7H14O3. The lowest BCUT2D eigenvalue weighted by molar-refractivity contribution is -0.0692. The fraction of sp³-hybridized carbons (Fsp3) is 1.00. The van der Waals surface area contributed by atoms with Crippen LogP contribution in [0.15, 0.2) is 0 Å². The Bertz CT molecular complexity index is 94.9. The van der Waals surface area contributed by atoms with E-state index in [1.165, 1.54) is 0 Å². The summed E-state index contributed by atoms with van der Waals surface area (Å²) in [6, 6.07) is 0. The van der Waals surface area contributed by atoms with Crippen molar-refractivity contribution in [3.63, 3.8) is 0 Å². The van der Waals surface area contributed by atoms with Gasteiger partial charge < -0.3 is 14.6 Å². The summed E-state index contributed by atoms with van der Waals surface area (Å²) >= 11 is 0. The lowest BCUT2D eigenvalue weighted by atomic mass is 10.3. The summed E-state index contributed by atoms with van der Waals surface area (Å²) in [7, 11) is 0. The van der Waals surface area contributed by atoms with Crippen LogP contribution in [-0.2, 0) is 9.47 Å². The van der Waals surface area contributed by atoms with Crippen LogP contribution in [-0.4, -0.2) is 30.7 Å². The van der Waals surface area contributed by atoms with E-state index in [2.05, 4.69) is 6.92 Å². The second kappa shape index (κ2) is 3.91.